The Kier molecular flexibility index (Phi) is 4.99. The highest BCUT2D eigenvalue weighted by molar-refractivity contribution is 5.80. The first-order valence-corrected chi connectivity index (χ1v) is 7.39. The minimum absolute atomic E-state index is 0.0980. The molecule has 0 amide bonds. The molecule has 0 atom stereocenters. The SMILES string of the molecule is CN=C(NCC(C)(C)c1ccc(F)cc1)NC1CC=CC1. The van der Waals surface area contributed by atoms with Crippen molar-refractivity contribution in [3.8, 4) is 0 Å². The molecular weight excluding hydrogens is 265 g/mol. The average Bonchev–Trinajstić information content (AvgIpc) is 2.97. The van der Waals surface area contributed by atoms with E-state index in [1.54, 1.807) is 7.05 Å². The van der Waals surface area contributed by atoms with Crippen molar-refractivity contribution >= 4 is 5.96 Å². The van der Waals surface area contributed by atoms with Crippen molar-refractivity contribution in [3.63, 3.8) is 0 Å². The first kappa shape index (κ1) is 15.5. The molecule has 0 unspecified atom stereocenters. The molecule has 0 saturated heterocycles. The maximum absolute atomic E-state index is 13.0. The van der Waals surface area contributed by atoms with Crippen molar-refractivity contribution in [1.29, 1.82) is 0 Å². The summed E-state index contributed by atoms with van der Waals surface area (Å²) in [5, 5.41) is 6.78. The third-order valence-corrected chi connectivity index (χ3v) is 3.90. The molecule has 2 rings (SSSR count). The van der Waals surface area contributed by atoms with Crippen LogP contribution in [-0.4, -0.2) is 25.6 Å². The molecule has 0 spiro atoms. The van der Waals surface area contributed by atoms with E-state index in [2.05, 4.69) is 41.6 Å². The van der Waals surface area contributed by atoms with Gasteiger partial charge in [-0.1, -0.05) is 38.1 Å². The number of halogens is 1. The van der Waals surface area contributed by atoms with E-state index < -0.39 is 0 Å². The minimum Gasteiger partial charge on any atom is -0.356 e. The van der Waals surface area contributed by atoms with E-state index in [1.165, 1.54) is 12.1 Å². The second kappa shape index (κ2) is 6.74. The third-order valence-electron chi connectivity index (χ3n) is 3.90. The van der Waals surface area contributed by atoms with Gasteiger partial charge in [-0.25, -0.2) is 4.39 Å². The topological polar surface area (TPSA) is 36.4 Å². The van der Waals surface area contributed by atoms with Gasteiger partial charge in [0.2, 0.25) is 0 Å². The fourth-order valence-electron chi connectivity index (χ4n) is 2.43. The van der Waals surface area contributed by atoms with E-state index in [0.717, 1.165) is 30.9 Å². The number of benzene rings is 1. The molecule has 114 valence electrons. The number of nitrogens with one attached hydrogen (secondary N) is 2. The Morgan fingerprint density at radius 2 is 1.86 bits per heavy atom. The number of guanidine groups is 1. The van der Waals surface area contributed by atoms with Crippen LogP contribution in [0.15, 0.2) is 41.4 Å². The highest BCUT2D eigenvalue weighted by atomic mass is 19.1. The molecule has 0 heterocycles. The Balaban J connectivity index is 1.91. The van der Waals surface area contributed by atoms with Gasteiger partial charge in [0.05, 0.1) is 0 Å². The van der Waals surface area contributed by atoms with Crippen LogP contribution in [0.2, 0.25) is 0 Å². The van der Waals surface area contributed by atoms with Gasteiger partial charge in [-0.15, -0.1) is 0 Å². The smallest absolute Gasteiger partial charge is 0.191 e. The lowest BCUT2D eigenvalue weighted by Gasteiger charge is -2.27. The monoisotopic (exact) mass is 289 g/mol. The van der Waals surface area contributed by atoms with Crippen molar-refractivity contribution in [2.24, 2.45) is 4.99 Å². The summed E-state index contributed by atoms with van der Waals surface area (Å²) in [5.41, 5.74) is 1.01. The predicted octanol–water partition coefficient (Wildman–Crippen LogP) is 2.99. The van der Waals surface area contributed by atoms with Crippen LogP contribution >= 0.6 is 0 Å². The average molecular weight is 289 g/mol. The van der Waals surface area contributed by atoms with Crippen molar-refractivity contribution in [1.82, 2.24) is 10.6 Å². The summed E-state index contributed by atoms with van der Waals surface area (Å²) < 4.78 is 13.0. The molecule has 1 aromatic rings. The van der Waals surface area contributed by atoms with Crippen LogP contribution in [-0.2, 0) is 5.41 Å². The number of aliphatic imine (C=N–C) groups is 1. The fourth-order valence-corrected chi connectivity index (χ4v) is 2.43. The first-order valence-electron chi connectivity index (χ1n) is 7.39. The van der Waals surface area contributed by atoms with E-state index in [9.17, 15) is 4.39 Å². The van der Waals surface area contributed by atoms with Gasteiger partial charge in [0.15, 0.2) is 5.96 Å². The lowest BCUT2D eigenvalue weighted by Crippen LogP contribution is -2.46. The van der Waals surface area contributed by atoms with Crippen molar-refractivity contribution in [2.45, 2.75) is 38.1 Å². The van der Waals surface area contributed by atoms with Crippen LogP contribution in [0.25, 0.3) is 0 Å². The second-order valence-corrected chi connectivity index (χ2v) is 6.10. The molecule has 21 heavy (non-hydrogen) atoms. The molecule has 0 aliphatic heterocycles. The number of hydrogen-bond donors (Lipinski definition) is 2. The zero-order valence-electron chi connectivity index (χ0n) is 13.0. The summed E-state index contributed by atoms with van der Waals surface area (Å²) in [4.78, 5) is 4.27. The zero-order valence-corrected chi connectivity index (χ0v) is 13.0. The second-order valence-electron chi connectivity index (χ2n) is 6.10. The van der Waals surface area contributed by atoms with Gasteiger partial charge in [0.25, 0.3) is 0 Å². The highest BCUT2D eigenvalue weighted by Crippen LogP contribution is 2.22. The van der Waals surface area contributed by atoms with Gasteiger partial charge in [0, 0.05) is 25.0 Å². The predicted molar refractivity (Wildman–Crippen MR) is 86.1 cm³/mol. The molecule has 1 aliphatic rings. The quantitative estimate of drug-likeness (QED) is 0.508. The standard InChI is InChI=1S/C17H24FN3/c1-17(2,13-8-10-14(18)11-9-13)12-20-16(19-3)21-15-6-4-5-7-15/h4-5,8-11,15H,6-7,12H2,1-3H3,(H2,19,20,21). The lowest BCUT2D eigenvalue weighted by atomic mass is 9.84. The highest BCUT2D eigenvalue weighted by Gasteiger charge is 2.21. The van der Waals surface area contributed by atoms with Crippen LogP contribution in [0.4, 0.5) is 4.39 Å². The van der Waals surface area contributed by atoms with Crippen LogP contribution < -0.4 is 10.6 Å². The van der Waals surface area contributed by atoms with Gasteiger partial charge in [-0.2, -0.15) is 0 Å². The number of nitrogens with zero attached hydrogens (tertiary/aromatic N) is 1. The van der Waals surface area contributed by atoms with Crippen LogP contribution in [0.5, 0.6) is 0 Å². The molecule has 2 N–H and O–H groups in total. The molecule has 1 aliphatic carbocycles. The molecule has 0 fully saturated rings. The maximum atomic E-state index is 13.0. The zero-order chi connectivity index (χ0) is 15.3. The van der Waals surface area contributed by atoms with Crippen molar-refractivity contribution in [2.75, 3.05) is 13.6 Å². The molecular formula is C17H24FN3. The number of hydrogen-bond acceptors (Lipinski definition) is 1. The summed E-state index contributed by atoms with van der Waals surface area (Å²) in [6.45, 7) is 5.01. The normalized spacial score (nSPS) is 16.3. The Morgan fingerprint density at radius 3 is 2.43 bits per heavy atom. The van der Waals surface area contributed by atoms with Crippen molar-refractivity contribution in [3.05, 3.63) is 47.8 Å². The summed E-state index contributed by atoms with van der Waals surface area (Å²) in [7, 11) is 1.78. The lowest BCUT2D eigenvalue weighted by molar-refractivity contribution is 0.502. The van der Waals surface area contributed by atoms with Gasteiger partial charge < -0.3 is 10.6 Å². The maximum Gasteiger partial charge on any atom is 0.191 e. The molecule has 4 heteroatoms. The van der Waals surface area contributed by atoms with E-state index in [-0.39, 0.29) is 11.2 Å². The van der Waals surface area contributed by atoms with E-state index in [4.69, 9.17) is 0 Å². The van der Waals surface area contributed by atoms with Crippen molar-refractivity contribution < 1.29 is 4.39 Å². The molecule has 0 aromatic heterocycles. The van der Waals surface area contributed by atoms with Crippen LogP contribution in [0.3, 0.4) is 0 Å². The van der Waals surface area contributed by atoms with E-state index >= 15 is 0 Å². The molecule has 0 radical (unpaired) electrons. The van der Waals surface area contributed by atoms with Crippen LogP contribution in [0, 0.1) is 5.82 Å². The van der Waals surface area contributed by atoms with Gasteiger partial charge >= 0.3 is 0 Å². The molecule has 3 nitrogen and oxygen atoms in total. The van der Waals surface area contributed by atoms with Gasteiger partial charge in [0.1, 0.15) is 5.82 Å². The Morgan fingerprint density at radius 1 is 1.24 bits per heavy atom. The fraction of sp³-hybridized carbons (Fsp3) is 0.471. The summed E-state index contributed by atoms with van der Waals surface area (Å²) in [6.07, 6.45) is 6.46. The first-order chi connectivity index (χ1) is 10.0. The Bertz CT molecular complexity index is 509. The Labute approximate surface area is 126 Å². The largest absolute Gasteiger partial charge is 0.356 e. The third kappa shape index (κ3) is 4.31. The van der Waals surface area contributed by atoms with Crippen LogP contribution in [0.1, 0.15) is 32.3 Å². The molecule has 1 aromatic carbocycles. The van der Waals surface area contributed by atoms with Gasteiger partial charge in [-0.05, 0) is 30.5 Å². The van der Waals surface area contributed by atoms with Gasteiger partial charge in [-0.3, -0.25) is 4.99 Å². The van der Waals surface area contributed by atoms with E-state index in [1.807, 2.05) is 12.1 Å². The van der Waals surface area contributed by atoms with E-state index in [0.29, 0.717) is 6.04 Å². The molecule has 0 saturated carbocycles. The summed E-state index contributed by atoms with van der Waals surface area (Å²) in [6, 6.07) is 7.13. The molecule has 0 bridgehead atoms. The summed E-state index contributed by atoms with van der Waals surface area (Å²) in [5.74, 6) is 0.618. The summed E-state index contributed by atoms with van der Waals surface area (Å²) >= 11 is 0. The Hall–Kier alpha value is -1.84. The minimum atomic E-state index is -0.200. The number of rotatable bonds is 4.